The van der Waals surface area contributed by atoms with E-state index >= 15 is 4.39 Å². The van der Waals surface area contributed by atoms with Gasteiger partial charge in [-0.1, -0.05) is 6.07 Å². The fourth-order valence-electron chi connectivity index (χ4n) is 6.25. The van der Waals surface area contributed by atoms with Crippen molar-refractivity contribution in [3.05, 3.63) is 53.0 Å². The molecule has 4 aliphatic heterocycles. The molecule has 0 bridgehead atoms. The standard InChI is InChI=1S/C27H28FN5O4/c1-16(34)32-9-7-27(15-32)13-31(14-27)11-18-6-8-29-24(23(18)28)17-2-3-20-19(10-17)12-33(26(20)37)21-4-5-22(35)30-25(21)36/h2-3,6,8,10,21H,4-5,7,9,11-15H2,1H3,(H,30,35,36). The van der Waals surface area contributed by atoms with Crippen LogP contribution in [0.1, 0.15) is 47.7 Å². The quantitative estimate of drug-likeness (QED) is 0.635. The van der Waals surface area contributed by atoms with E-state index in [-0.39, 0.29) is 47.6 Å². The van der Waals surface area contributed by atoms with E-state index in [4.69, 9.17) is 0 Å². The minimum atomic E-state index is -0.693. The van der Waals surface area contributed by atoms with Crippen LogP contribution in [0, 0.1) is 11.2 Å². The Kier molecular flexibility index (Phi) is 5.59. The maximum atomic E-state index is 15.6. The molecule has 1 atom stereocenters. The third kappa shape index (κ3) is 4.09. The van der Waals surface area contributed by atoms with Gasteiger partial charge in [-0.15, -0.1) is 0 Å². The van der Waals surface area contributed by atoms with Gasteiger partial charge in [0.25, 0.3) is 5.91 Å². The van der Waals surface area contributed by atoms with E-state index in [1.54, 1.807) is 37.4 Å². The number of nitrogens with one attached hydrogen (secondary N) is 1. The SMILES string of the molecule is CC(=O)N1CCC2(CN(Cc3ccnc(-c4ccc5c(c4)CN(C4CCC(=O)NC4=O)C5=O)c3F)C2)C1. The molecule has 192 valence electrons. The molecule has 3 saturated heterocycles. The first-order valence-corrected chi connectivity index (χ1v) is 12.6. The normalized spacial score (nSPS) is 22.9. The second-order valence-corrected chi connectivity index (χ2v) is 10.7. The minimum absolute atomic E-state index is 0.108. The predicted molar refractivity (Wildman–Crippen MR) is 130 cm³/mol. The van der Waals surface area contributed by atoms with E-state index in [2.05, 4.69) is 15.2 Å². The molecule has 2 aromatic rings. The number of imide groups is 1. The lowest BCUT2D eigenvalue weighted by Gasteiger charge is -2.48. The number of hydrogen-bond acceptors (Lipinski definition) is 6. The van der Waals surface area contributed by atoms with Crippen LogP contribution in [0.2, 0.25) is 0 Å². The summed E-state index contributed by atoms with van der Waals surface area (Å²) in [4.78, 5) is 58.3. The van der Waals surface area contributed by atoms with Crippen molar-refractivity contribution >= 4 is 23.6 Å². The zero-order chi connectivity index (χ0) is 25.9. The Balaban J connectivity index is 1.17. The highest BCUT2D eigenvalue weighted by atomic mass is 19.1. The van der Waals surface area contributed by atoms with Crippen molar-refractivity contribution in [3.8, 4) is 11.3 Å². The lowest BCUT2D eigenvalue weighted by molar-refractivity contribution is -0.137. The van der Waals surface area contributed by atoms with Crippen molar-refractivity contribution in [2.45, 2.75) is 45.3 Å². The molecule has 37 heavy (non-hydrogen) atoms. The van der Waals surface area contributed by atoms with Crippen LogP contribution in [-0.2, 0) is 27.5 Å². The maximum absolute atomic E-state index is 15.6. The first-order chi connectivity index (χ1) is 17.7. The second-order valence-electron chi connectivity index (χ2n) is 10.7. The summed E-state index contributed by atoms with van der Waals surface area (Å²) in [7, 11) is 0. The van der Waals surface area contributed by atoms with Crippen molar-refractivity contribution in [3.63, 3.8) is 0 Å². The number of hydrogen-bond donors (Lipinski definition) is 1. The third-order valence-corrected chi connectivity index (χ3v) is 8.16. The van der Waals surface area contributed by atoms with E-state index < -0.39 is 11.9 Å². The molecule has 1 aromatic carbocycles. The Labute approximate surface area is 213 Å². The third-order valence-electron chi connectivity index (χ3n) is 8.16. The molecule has 1 spiro atoms. The predicted octanol–water partition coefficient (Wildman–Crippen LogP) is 1.70. The van der Waals surface area contributed by atoms with Crippen LogP contribution in [-0.4, -0.2) is 75.5 Å². The summed E-state index contributed by atoms with van der Waals surface area (Å²) in [6, 6.07) is 6.12. The highest BCUT2D eigenvalue weighted by Crippen LogP contribution is 2.40. The summed E-state index contributed by atoms with van der Waals surface area (Å²) >= 11 is 0. The molecule has 0 radical (unpaired) electrons. The van der Waals surface area contributed by atoms with E-state index in [0.717, 1.165) is 32.6 Å². The van der Waals surface area contributed by atoms with Crippen molar-refractivity contribution < 1.29 is 23.6 Å². The van der Waals surface area contributed by atoms with Crippen molar-refractivity contribution in [1.29, 1.82) is 0 Å². The van der Waals surface area contributed by atoms with Gasteiger partial charge < -0.3 is 9.80 Å². The Morgan fingerprint density at radius 1 is 1.19 bits per heavy atom. The molecular formula is C27H28FN5O4. The zero-order valence-corrected chi connectivity index (χ0v) is 20.6. The molecule has 0 aliphatic carbocycles. The number of carbonyl (C=O) groups excluding carboxylic acids is 4. The second kappa shape index (κ2) is 8.72. The number of nitrogens with zero attached hydrogens (tertiary/aromatic N) is 4. The first-order valence-electron chi connectivity index (χ1n) is 12.6. The van der Waals surface area contributed by atoms with Crippen molar-refractivity contribution in [2.75, 3.05) is 26.2 Å². The van der Waals surface area contributed by atoms with Crippen LogP contribution in [0.5, 0.6) is 0 Å². The highest BCUT2D eigenvalue weighted by molar-refractivity contribution is 6.05. The topological polar surface area (TPSA) is 103 Å². The average Bonchev–Trinajstić information content (AvgIpc) is 3.42. The molecule has 5 heterocycles. The zero-order valence-electron chi connectivity index (χ0n) is 20.6. The number of rotatable bonds is 4. The van der Waals surface area contributed by atoms with Crippen LogP contribution >= 0.6 is 0 Å². The van der Waals surface area contributed by atoms with Gasteiger partial charge >= 0.3 is 0 Å². The summed E-state index contributed by atoms with van der Waals surface area (Å²) in [5.41, 5.74) is 2.67. The Morgan fingerprint density at radius 2 is 2.00 bits per heavy atom. The largest absolute Gasteiger partial charge is 0.342 e. The van der Waals surface area contributed by atoms with Crippen LogP contribution in [0.4, 0.5) is 4.39 Å². The molecule has 4 amide bonds. The number of amides is 4. The number of aromatic nitrogens is 1. The summed E-state index contributed by atoms with van der Waals surface area (Å²) < 4.78 is 15.6. The molecule has 9 nitrogen and oxygen atoms in total. The summed E-state index contributed by atoms with van der Waals surface area (Å²) in [6.45, 7) is 5.53. The molecule has 1 N–H and O–H groups in total. The monoisotopic (exact) mass is 505 g/mol. The summed E-state index contributed by atoms with van der Waals surface area (Å²) in [6.07, 6.45) is 3.07. The summed E-state index contributed by atoms with van der Waals surface area (Å²) in [5.74, 6) is -1.33. The van der Waals surface area contributed by atoms with Crippen molar-refractivity contribution in [1.82, 2.24) is 25.0 Å². The van der Waals surface area contributed by atoms with Gasteiger partial charge in [-0.3, -0.25) is 34.4 Å². The van der Waals surface area contributed by atoms with E-state index in [9.17, 15) is 19.2 Å². The van der Waals surface area contributed by atoms with E-state index in [0.29, 0.717) is 35.2 Å². The molecule has 4 aliphatic rings. The molecule has 3 fully saturated rings. The van der Waals surface area contributed by atoms with Crippen molar-refractivity contribution in [2.24, 2.45) is 5.41 Å². The fourth-order valence-corrected chi connectivity index (χ4v) is 6.25. The highest BCUT2D eigenvalue weighted by Gasteiger charge is 2.48. The first kappa shape index (κ1) is 23.7. The van der Waals surface area contributed by atoms with E-state index in [1.165, 1.54) is 4.90 Å². The number of piperidine rings is 1. The van der Waals surface area contributed by atoms with Gasteiger partial charge in [0.15, 0.2) is 5.82 Å². The number of benzene rings is 1. The molecular weight excluding hydrogens is 477 g/mol. The molecule has 1 unspecified atom stereocenters. The Bertz CT molecular complexity index is 1340. The number of halogens is 1. The molecule has 1 aromatic heterocycles. The van der Waals surface area contributed by atoms with Gasteiger partial charge in [0, 0.05) is 80.9 Å². The minimum Gasteiger partial charge on any atom is -0.342 e. The Morgan fingerprint density at radius 3 is 2.73 bits per heavy atom. The molecule has 0 saturated carbocycles. The Hall–Kier alpha value is -3.66. The lowest BCUT2D eigenvalue weighted by atomic mass is 9.79. The van der Waals surface area contributed by atoms with Crippen LogP contribution in [0.3, 0.4) is 0 Å². The number of carbonyl (C=O) groups is 4. The van der Waals surface area contributed by atoms with Crippen LogP contribution in [0.15, 0.2) is 30.5 Å². The van der Waals surface area contributed by atoms with Gasteiger partial charge in [-0.25, -0.2) is 4.39 Å². The van der Waals surface area contributed by atoms with Gasteiger partial charge in [0.1, 0.15) is 11.7 Å². The van der Waals surface area contributed by atoms with Gasteiger partial charge in [-0.2, -0.15) is 0 Å². The molecule has 6 rings (SSSR count). The summed E-state index contributed by atoms with van der Waals surface area (Å²) in [5, 5.41) is 2.30. The smallest absolute Gasteiger partial charge is 0.255 e. The maximum Gasteiger partial charge on any atom is 0.255 e. The van der Waals surface area contributed by atoms with E-state index in [1.807, 2.05) is 4.90 Å². The van der Waals surface area contributed by atoms with Crippen LogP contribution < -0.4 is 5.32 Å². The lowest BCUT2D eigenvalue weighted by Crippen LogP contribution is -2.57. The number of likely N-dealkylation sites (tertiary alicyclic amines) is 2. The number of fused-ring (bicyclic) bond motifs is 1. The average molecular weight is 506 g/mol. The van der Waals surface area contributed by atoms with Gasteiger partial charge in [0.2, 0.25) is 17.7 Å². The number of pyridine rings is 1. The van der Waals surface area contributed by atoms with Gasteiger partial charge in [0.05, 0.1) is 0 Å². The van der Waals surface area contributed by atoms with Crippen LogP contribution in [0.25, 0.3) is 11.3 Å². The fraction of sp³-hybridized carbons (Fsp3) is 0.444. The van der Waals surface area contributed by atoms with Gasteiger partial charge in [-0.05, 0) is 36.6 Å². The molecule has 10 heteroatoms.